The quantitative estimate of drug-likeness (QED) is 0.693. The number of carbonyl (C=O) groups excluding carboxylic acids is 1. The minimum absolute atomic E-state index is 0.0849. The number of nitrogens with zero attached hydrogens (tertiary/aromatic N) is 2. The van der Waals surface area contributed by atoms with Crippen molar-refractivity contribution >= 4 is 5.91 Å². The van der Waals surface area contributed by atoms with Gasteiger partial charge in [-0.15, -0.1) is 0 Å². The van der Waals surface area contributed by atoms with Gasteiger partial charge in [-0.3, -0.25) is 9.69 Å². The maximum absolute atomic E-state index is 13.7. The number of rotatable bonds is 6. The minimum atomic E-state index is 0.0849. The van der Waals surface area contributed by atoms with E-state index in [4.69, 9.17) is 4.74 Å². The predicted octanol–water partition coefficient (Wildman–Crippen LogP) is 4.74. The Hall–Kier alpha value is -2.11. The maximum Gasteiger partial charge on any atom is 0.253 e. The van der Waals surface area contributed by atoms with E-state index in [9.17, 15) is 4.79 Å². The van der Waals surface area contributed by atoms with Gasteiger partial charge < -0.3 is 14.6 Å². The van der Waals surface area contributed by atoms with Crippen molar-refractivity contribution in [3.8, 4) is 11.3 Å². The third kappa shape index (κ3) is 4.04. The van der Waals surface area contributed by atoms with Crippen molar-refractivity contribution in [3.05, 3.63) is 47.7 Å². The first-order valence-electron chi connectivity index (χ1n) is 12.7. The molecule has 3 aliphatic rings. The van der Waals surface area contributed by atoms with Gasteiger partial charge in [0.1, 0.15) is 0 Å². The number of hydrogen-bond donors (Lipinski definition) is 1. The monoisotopic (exact) mass is 449 g/mol. The summed E-state index contributed by atoms with van der Waals surface area (Å²) in [5, 5.41) is 3.52. The molecule has 2 heterocycles. The molecule has 33 heavy (non-hydrogen) atoms. The van der Waals surface area contributed by atoms with Crippen LogP contribution in [0.3, 0.4) is 0 Å². The Labute approximate surface area is 198 Å². The lowest BCUT2D eigenvalue weighted by molar-refractivity contribution is 0.0364. The average molecular weight is 450 g/mol. The molecule has 0 spiro atoms. The summed E-state index contributed by atoms with van der Waals surface area (Å²) < 4.78 is 7.85. The highest BCUT2D eigenvalue weighted by Gasteiger charge is 2.59. The first kappa shape index (κ1) is 22.7. The Morgan fingerprint density at radius 3 is 2.52 bits per heavy atom. The summed E-state index contributed by atoms with van der Waals surface area (Å²) >= 11 is 0. The number of carbonyl (C=O) groups is 1. The lowest BCUT2D eigenvalue weighted by Crippen LogP contribution is -2.52. The molecule has 2 bridgehead atoms. The molecule has 3 atom stereocenters. The van der Waals surface area contributed by atoms with Crippen LogP contribution in [-0.4, -0.2) is 54.3 Å². The first-order valence-corrected chi connectivity index (χ1v) is 12.7. The largest absolute Gasteiger partial charge is 0.379 e. The van der Waals surface area contributed by atoms with Gasteiger partial charge in [0.05, 0.1) is 18.8 Å². The second-order valence-corrected chi connectivity index (χ2v) is 11.3. The molecule has 3 fully saturated rings. The number of ether oxygens (including phenoxy) is 1. The van der Waals surface area contributed by atoms with Crippen LogP contribution in [0.1, 0.15) is 56.1 Å². The fraction of sp³-hybridized carbons (Fsp3) is 0.607. The average Bonchev–Trinajstić information content (AvgIpc) is 3.43. The van der Waals surface area contributed by atoms with Crippen molar-refractivity contribution in [2.24, 2.45) is 16.7 Å². The van der Waals surface area contributed by atoms with Gasteiger partial charge in [-0.05, 0) is 54.6 Å². The number of aromatic nitrogens is 1. The molecule has 1 N–H and O–H groups in total. The molecule has 0 radical (unpaired) electrons. The Balaban J connectivity index is 1.42. The van der Waals surface area contributed by atoms with Crippen LogP contribution in [0, 0.1) is 23.7 Å². The molecule has 1 amide bonds. The summed E-state index contributed by atoms with van der Waals surface area (Å²) in [4.78, 5) is 16.1. The summed E-state index contributed by atoms with van der Waals surface area (Å²) in [6.07, 6.45) is 3.76. The fourth-order valence-corrected chi connectivity index (χ4v) is 6.95. The molecule has 5 rings (SSSR count). The van der Waals surface area contributed by atoms with E-state index in [2.05, 4.69) is 72.8 Å². The Morgan fingerprint density at radius 1 is 1.12 bits per heavy atom. The highest BCUT2D eigenvalue weighted by molar-refractivity contribution is 5.97. The zero-order valence-electron chi connectivity index (χ0n) is 20.7. The summed E-state index contributed by atoms with van der Waals surface area (Å²) in [6, 6.07) is 12.8. The van der Waals surface area contributed by atoms with Gasteiger partial charge in [0, 0.05) is 43.6 Å². The second kappa shape index (κ2) is 8.59. The van der Waals surface area contributed by atoms with Crippen LogP contribution in [0.25, 0.3) is 11.3 Å². The van der Waals surface area contributed by atoms with Crippen LogP contribution in [0.15, 0.2) is 36.4 Å². The molecule has 0 unspecified atom stereocenters. The normalized spacial score (nSPS) is 28.8. The van der Waals surface area contributed by atoms with Crippen LogP contribution in [0.5, 0.6) is 0 Å². The third-order valence-corrected chi connectivity index (χ3v) is 8.97. The summed E-state index contributed by atoms with van der Waals surface area (Å²) in [6.45, 7) is 14.6. The standard InChI is InChI=1S/C28H39N3O2/c1-20-23(25(32)29-26-27(2,3)22-10-11-28(26,4)19-22)18-24(21-8-6-5-7-9-21)31(20)13-12-30-14-16-33-17-15-30/h5-9,18,22,26H,10-17,19H2,1-4H3,(H,29,32)/t22-,26-,28+/m1/s1. The van der Waals surface area contributed by atoms with Gasteiger partial charge in [-0.2, -0.15) is 0 Å². The Bertz CT molecular complexity index is 1000. The van der Waals surface area contributed by atoms with Crippen molar-refractivity contribution in [2.45, 2.75) is 59.5 Å². The predicted molar refractivity (Wildman–Crippen MR) is 132 cm³/mol. The van der Waals surface area contributed by atoms with E-state index in [1.54, 1.807) is 0 Å². The van der Waals surface area contributed by atoms with E-state index in [1.807, 2.05) is 6.07 Å². The van der Waals surface area contributed by atoms with Gasteiger partial charge in [-0.25, -0.2) is 0 Å². The van der Waals surface area contributed by atoms with E-state index in [-0.39, 0.29) is 22.8 Å². The smallest absolute Gasteiger partial charge is 0.253 e. The van der Waals surface area contributed by atoms with Gasteiger partial charge in [0.25, 0.3) is 5.91 Å². The number of amides is 1. The van der Waals surface area contributed by atoms with Crippen molar-refractivity contribution in [1.82, 2.24) is 14.8 Å². The lowest BCUT2D eigenvalue weighted by Gasteiger charge is -2.43. The number of benzene rings is 1. The topological polar surface area (TPSA) is 46.5 Å². The first-order chi connectivity index (χ1) is 15.8. The van der Waals surface area contributed by atoms with E-state index >= 15 is 0 Å². The van der Waals surface area contributed by atoms with Crippen LogP contribution >= 0.6 is 0 Å². The molecule has 2 saturated carbocycles. The van der Waals surface area contributed by atoms with Crippen molar-refractivity contribution < 1.29 is 9.53 Å². The molecule has 2 aliphatic carbocycles. The van der Waals surface area contributed by atoms with Gasteiger partial charge in [0.15, 0.2) is 0 Å². The fourth-order valence-electron chi connectivity index (χ4n) is 6.95. The van der Waals surface area contributed by atoms with Crippen LogP contribution in [0.4, 0.5) is 0 Å². The number of nitrogens with one attached hydrogen (secondary N) is 1. The molecule has 1 saturated heterocycles. The summed E-state index contributed by atoms with van der Waals surface area (Å²) in [7, 11) is 0. The molecule has 1 aromatic carbocycles. The van der Waals surface area contributed by atoms with Gasteiger partial charge in [0.2, 0.25) is 0 Å². The van der Waals surface area contributed by atoms with Gasteiger partial charge >= 0.3 is 0 Å². The SMILES string of the molecule is Cc1c(C(=O)N[C@@H]2C(C)(C)[C@@H]3CC[C@@]2(C)C3)cc(-c2ccccc2)n1CCN1CCOCC1. The molecule has 5 nitrogen and oxygen atoms in total. The zero-order valence-corrected chi connectivity index (χ0v) is 20.7. The molecule has 5 heteroatoms. The van der Waals surface area contributed by atoms with E-state index in [0.717, 1.165) is 61.9 Å². The van der Waals surface area contributed by atoms with Crippen molar-refractivity contribution in [1.29, 1.82) is 0 Å². The van der Waals surface area contributed by atoms with Crippen LogP contribution < -0.4 is 5.32 Å². The highest BCUT2D eigenvalue weighted by atomic mass is 16.5. The van der Waals surface area contributed by atoms with E-state index < -0.39 is 0 Å². The van der Waals surface area contributed by atoms with Crippen molar-refractivity contribution in [3.63, 3.8) is 0 Å². The van der Waals surface area contributed by atoms with Crippen LogP contribution in [0.2, 0.25) is 0 Å². The van der Waals surface area contributed by atoms with Crippen molar-refractivity contribution in [2.75, 3.05) is 32.8 Å². The van der Waals surface area contributed by atoms with Crippen LogP contribution in [-0.2, 0) is 11.3 Å². The Kier molecular flexibility index (Phi) is 5.90. The number of fused-ring (bicyclic) bond motifs is 2. The van der Waals surface area contributed by atoms with E-state index in [1.165, 1.54) is 19.3 Å². The number of hydrogen-bond acceptors (Lipinski definition) is 3. The zero-order chi connectivity index (χ0) is 23.2. The molecule has 1 aliphatic heterocycles. The van der Waals surface area contributed by atoms with E-state index in [0.29, 0.717) is 5.92 Å². The number of morpholine rings is 1. The highest BCUT2D eigenvalue weighted by Crippen LogP contribution is 2.62. The second-order valence-electron chi connectivity index (χ2n) is 11.3. The minimum Gasteiger partial charge on any atom is -0.379 e. The lowest BCUT2D eigenvalue weighted by atomic mass is 9.68. The molecule has 2 aromatic rings. The molecular formula is C28H39N3O2. The summed E-state index contributed by atoms with van der Waals surface area (Å²) in [5.41, 5.74) is 4.54. The molecule has 178 valence electrons. The maximum atomic E-state index is 13.7. The Morgan fingerprint density at radius 2 is 1.85 bits per heavy atom. The summed E-state index contributed by atoms with van der Waals surface area (Å²) in [5.74, 6) is 0.800. The molecule has 1 aromatic heterocycles. The molecular weight excluding hydrogens is 410 g/mol. The van der Waals surface area contributed by atoms with Gasteiger partial charge in [-0.1, -0.05) is 51.1 Å². The third-order valence-electron chi connectivity index (χ3n) is 8.97.